The molecule has 1 saturated heterocycles. The Kier molecular flexibility index (Phi) is 6.64. The number of likely N-dealkylation sites (tertiary alicyclic amines) is 1. The third-order valence-electron chi connectivity index (χ3n) is 5.16. The summed E-state index contributed by atoms with van der Waals surface area (Å²) in [7, 11) is 0. The second-order valence-corrected chi connectivity index (χ2v) is 7.38. The van der Waals surface area contributed by atoms with E-state index in [9.17, 15) is 9.59 Å². The van der Waals surface area contributed by atoms with Crippen LogP contribution in [0.3, 0.4) is 0 Å². The van der Waals surface area contributed by atoms with Crippen molar-refractivity contribution >= 4 is 23.3 Å². The van der Waals surface area contributed by atoms with Crippen molar-refractivity contribution in [2.24, 2.45) is 0 Å². The first-order chi connectivity index (χ1) is 13.1. The fourth-order valence-corrected chi connectivity index (χ4v) is 3.76. The van der Waals surface area contributed by atoms with Crippen LogP contribution in [0.4, 0.5) is 0 Å². The zero-order chi connectivity index (χ0) is 19.2. The van der Waals surface area contributed by atoms with E-state index in [1.54, 1.807) is 24.3 Å². The van der Waals surface area contributed by atoms with Gasteiger partial charge in [0.2, 0.25) is 0 Å². The highest BCUT2D eigenvalue weighted by Gasteiger charge is 2.29. The van der Waals surface area contributed by atoms with E-state index in [0.29, 0.717) is 16.1 Å². The van der Waals surface area contributed by atoms with Gasteiger partial charge in [0.1, 0.15) is 0 Å². The number of halogens is 1. The normalized spacial score (nSPS) is 16.7. The van der Waals surface area contributed by atoms with Gasteiger partial charge in [-0.25, -0.2) is 0 Å². The number of hydrogen-bond donors (Lipinski definition) is 1. The molecule has 2 aromatic carbocycles. The molecule has 27 heavy (non-hydrogen) atoms. The van der Waals surface area contributed by atoms with Crippen molar-refractivity contribution in [3.05, 3.63) is 70.7 Å². The lowest BCUT2D eigenvalue weighted by atomic mass is 9.96. The molecule has 0 radical (unpaired) electrons. The molecule has 1 fully saturated rings. The largest absolute Gasteiger partial charge is 0.349 e. The topological polar surface area (TPSA) is 49.4 Å². The summed E-state index contributed by atoms with van der Waals surface area (Å²) in [5.74, 6) is 0.110. The lowest BCUT2D eigenvalue weighted by molar-refractivity contribution is 0.0730. The van der Waals surface area contributed by atoms with E-state index in [0.717, 1.165) is 32.4 Å². The maximum absolute atomic E-state index is 12.9. The van der Waals surface area contributed by atoms with E-state index in [1.165, 1.54) is 0 Å². The molecule has 0 saturated carbocycles. The monoisotopic (exact) mass is 384 g/mol. The summed E-state index contributed by atoms with van der Waals surface area (Å²) in [5, 5.41) is 3.75. The molecule has 4 nitrogen and oxygen atoms in total. The first-order valence-corrected chi connectivity index (χ1v) is 9.86. The van der Waals surface area contributed by atoms with Crippen molar-refractivity contribution in [3.8, 4) is 0 Å². The number of carbonyl (C=O) groups excluding carboxylic acids is 2. The predicted octanol–water partition coefficient (Wildman–Crippen LogP) is 4.20. The number of hydrogen-bond acceptors (Lipinski definition) is 3. The van der Waals surface area contributed by atoms with Crippen LogP contribution in [0.5, 0.6) is 0 Å². The lowest BCUT2D eigenvalue weighted by Crippen LogP contribution is -2.50. The summed E-state index contributed by atoms with van der Waals surface area (Å²) >= 11 is 5.92. The van der Waals surface area contributed by atoms with E-state index in [1.807, 2.05) is 37.3 Å². The minimum absolute atomic E-state index is 0.0293. The second kappa shape index (κ2) is 9.16. The Morgan fingerprint density at radius 1 is 1.04 bits per heavy atom. The van der Waals surface area contributed by atoms with E-state index in [2.05, 4.69) is 10.2 Å². The van der Waals surface area contributed by atoms with Crippen molar-refractivity contribution < 1.29 is 9.59 Å². The molecule has 142 valence electrons. The zero-order valence-electron chi connectivity index (χ0n) is 15.5. The van der Waals surface area contributed by atoms with Crippen LogP contribution >= 0.6 is 11.6 Å². The highest BCUT2D eigenvalue weighted by molar-refractivity contribution is 6.30. The van der Waals surface area contributed by atoms with Gasteiger partial charge in [-0.3, -0.25) is 14.5 Å². The van der Waals surface area contributed by atoms with E-state index >= 15 is 0 Å². The minimum atomic E-state index is -0.128. The molecule has 1 heterocycles. The van der Waals surface area contributed by atoms with Crippen LogP contribution < -0.4 is 5.32 Å². The third kappa shape index (κ3) is 4.96. The molecule has 1 aliphatic rings. The van der Waals surface area contributed by atoms with Crippen molar-refractivity contribution in [1.29, 1.82) is 0 Å². The molecule has 1 aliphatic heterocycles. The molecule has 2 aromatic rings. The van der Waals surface area contributed by atoms with Gasteiger partial charge in [0, 0.05) is 35.3 Å². The molecular formula is C22H25ClN2O2. The van der Waals surface area contributed by atoms with Crippen LogP contribution in [-0.4, -0.2) is 41.8 Å². The quantitative estimate of drug-likeness (QED) is 0.759. The Labute approximate surface area is 165 Å². The van der Waals surface area contributed by atoms with Gasteiger partial charge in [-0.15, -0.1) is 0 Å². The fourth-order valence-electron chi connectivity index (χ4n) is 3.63. The minimum Gasteiger partial charge on any atom is -0.349 e. The predicted molar refractivity (Wildman–Crippen MR) is 108 cm³/mol. The molecule has 1 N–H and O–H groups in total. The second-order valence-electron chi connectivity index (χ2n) is 6.94. The summed E-state index contributed by atoms with van der Waals surface area (Å²) < 4.78 is 0. The van der Waals surface area contributed by atoms with Gasteiger partial charge in [0.25, 0.3) is 5.91 Å². The van der Waals surface area contributed by atoms with E-state index in [4.69, 9.17) is 11.6 Å². The molecular weight excluding hydrogens is 360 g/mol. The number of carbonyl (C=O) groups is 2. The Morgan fingerprint density at radius 2 is 1.67 bits per heavy atom. The average molecular weight is 385 g/mol. The number of benzene rings is 2. The number of ketones is 1. The maximum Gasteiger partial charge on any atom is 0.251 e. The molecule has 1 unspecified atom stereocenters. The van der Waals surface area contributed by atoms with E-state index in [-0.39, 0.29) is 23.8 Å². The van der Waals surface area contributed by atoms with Gasteiger partial charge in [0.05, 0.1) is 6.04 Å². The molecule has 0 spiro atoms. The van der Waals surface area contributed by atoms with Crippen molar-refractivity contribution in [3.63, 3.8) is 0 Å². The Bertz CT molecular complexity index is 769. The summed E-state index contributed by atoms with van der Waals surface area (Å²) in [6.07, 6.45) is 2.47. The van der Waals surface area contributed by atoms with Crippen LogP contribution in [0.15, 0.2) is 54.6 Å². The maximum atomic E-state index is 12.9. The number of nitrogens with one attached hydrogen (secondary N) is 1. The van der Waals surface area contributed by atoms with Gasteiger partial charge in [-0.1, -0.05) is 36.7 Å². The highest BCUT2D eigenvalue weighted by Crippen LogP contribution is 2.20. The molecule has 0 aliphatic carbocycles. The molecule has 1 atom stereocenters. The van der Waals surface area contributed by atoms with Crippen LogP contribution in [0, 0.1) is 0 Å². The summed E-state index contributed by atoms with van der Waals surface area (Å²) in [6.45, 7) is 3.65. The SMILES string of the molecule is CCC(C(=O)c1ccc(Cl)cc1)N1CCC(NC(=O)c2ccccc2)CC1. The van der Waals surface area contributed by atoms with Crippen molar-refractivity contribution in [2.45, 2.75) is 38.3 Å². The van der Waals surface area contributed by atoms with Gasteiger partial charge in [-0.05, 0) is 55.7 Å². The van der Waals surface area contributed by atoms with Crippen LogP contribution in [0.25, 0.3) is 0 Å². The Hall–Kier alpha value is -2.17. The van der Waals surface area contributed by atoms with Crippen molar-refractivity contribution in [1.82, 2.24) is 10.2 Å². The number of rotatable bonds is 6. The smallest absolute Gasteiger partial charge is 0.251 e. The van der Waals surface area contributed by atoms with E-state index < -0.39 is 0 Å². The van der Waals surface area contributed by atoms with Gasteiger partial charge in [0.15, 0.2) is 5.78 Å². The van der Waals surface area contributed by atoms with Crippen LogP contribution in [-0.2, 0) is 0 Å². The summed E-state index contributed by atoms with van der Waals surface area (Å²) in [4.78, 5) is 27.4. The number of Topliss-reactive ketones (excluding diaryl/α,β-unsaturated/α-hetero) is 1. The average Bonchev–Trinajstić information content (AvgIpc) is 2.71. The zero-order valence-corrected chi connectivity index (χ0v) is 16.3. The Morgan fingerprint density at radius 3 is 2.26 bits per heavy atom. The third-order valence-corrected chi connectivity index (χ3v) is 5.41. The molecule has 5 heteroatoms. The number of amides is 1. The fraction of sp³-hybridized carbons (Fsp3) is 0.364. The van der Waals surface area contributed by atoms with Crippen LogP contribution in [0.1, 0.15) is 46.9 Å². The van der Waals surface area contributed by atoms with Crippen LogP contribution in [0.2, 0.25) is 5.02 Å². The lowest BCUT2D eigenvalue weighted by Gasteiger charge is -2.36. The summed E-state index contributed by atoms with van der Waals surface area (Å²) in [5.41, 5.74) is 1.38. The summed E-state index contributed by atoms with van der Waals surface area (Å²) in [6, 6.07) is 16.4. The molecule has 3 rings (SSSR count). The first kappa shape index (κ1) is 19.6. The van der Waals surface area contributed by atoms with Gasteiger partial charge in [-0.2, -0.15) is 0 Å². The van der Waals surface area contributed by atoms with Gasteiger partial charge >= 0.3 is 0 Å². The number of piperidine rings is 1. The molecule has 0 bridgehead atoms. The Balaban J connectivity index is 1.56. The molecule has 0 aromatic heterocycles. The number of nitrogens with zero attached hydrogens (tertiary/aromatic N) is 1. The molecule has 1 amide bonds. The first-order valence-electron chi connectivity index (χ1n) is 9.48. The van der Waals surface area contributed by atoms with Gasteiger partial charge < -0.3 is 5.32 Å². The standard InChI is InChI=1S/C22H25ClN2O2/c1-2-20(21(26)16-8-10-18(23)11-9-16)25-14-12-19(13-15-25)24-22(27)17-6-4-3-5-7-17/h3-11,19-20H,2,12-15H2,1H3,(H,24,27). The highest BCUT2D eigenvalue weighted by atomic mass is 35.5. The van der Waals surface area contributed by atoms with Crippen molar-refractivity contribution in [2.75, 3.05) is 13.1 Å².